The predicted octanol–water partition coefficient (Wildman–Crippen LogP) is 4.14. The van der Waals surface area contributed by atoms with Crippen LogP contribution in [0.15, 0.2) is 10.7 Å². The van der Waals surface area contributed by atoms with E-state index in [0.717, 1.165) is 17.4 Å². The molecule has 1 aromatic heterocycles. The second kappa shape index (κ2) is 7.95. The molecule has 1 rings (SSSR count). The molecular formula is C14H26BrN3. The topological polar surface area (TPSA) is 29.9 Å². The summed E-state index contributed by atoms with van der Waals surface area (Å²) in [6.45, 7) is 7.75. The summed E-state index contributed by atoms with van der Waals surface area (Å²) < 4.78 is 3.26. The molecule has 1 N–H and O–H groups in total. The molecular weight excluding hydrogens is 290 g/mol. The van der Waals surface area contributed by atoms with Crippen molar-refractivity contribution in [2.75, 3.05) is 7.05 Å². The highest BCUT2D eigenvalue weighted by Gasteiger charge is 2.23. The first-order valence-corrected chi connectivity index (χ1v) is 7.83. The average molecular weight is 316 g/mol. The number of halogens is 1. The van der Waals surface area contributed by atoms with Crippen LogP contribution in [0.1, 0.15) is 58.2 Å². The largest absolute Gasteiger partial charge is 0.311 e. The Morgan fingerprint density at radius 1 is 1.39 bits per heavy atom. The Morgan fingerprint density at radius 2 is 2.11 bits per heavy atom. The summed E-state index contributed by atoms with van der Waals surface area (Å²) in [6.07, 6.45) is 6.84. The summed E-state index contributed by atoms with van der Waals surface area (Å²) in [5, 5.41) is 7.93. The maximum atomic E-state index is 4.47. The van der Waals surface area contributed by atoms with Gasteiger partial charge in [0.05, 0.1) is 22.4 Å². The van der Waals surface area contributed by atoms with Gasteiger partial charge in [0.25, 0.3) is 0 Å². The van der Waals surface area contributed by atoms with Crippen LogP contribution in [0.5, 0.6) is 0 Å². The number of hydrogen-bond donors (Lipinski definition) is 1. The summed E-state index contributed by atoms with van der Waals surface area (Å²) in [4.78, 5) is 0. The van der Waals surface area contributed by atoms with E-state index < -0.39 is 0 Å². The Bertz CT molecular complexity index is 349. The molecule has 0 aliphatic heterocycles. The van der Waals surface area contributed by atoms with Crippen molar-refractivity contribution < 1.29 is 0 Å². The average Bonchev–Trinajstić information content (AvgIpc) is 2.71. The van der Waals surface area contributed by atoms with Crippen LogP contribution in [0.4, 0.5) is 0 Å². The molecule has 0 fully saturated rings. The minimum absolute atomic E-state index is 0.375. The third-order valence-corrected chi connectivity index (χ3v) is 4.07. The predicted molar refractivity (Wildman–Crippen MR) is 80.7 cm³/mol. The first kappa shape index (κ1) is 15.7. The highest BCUT2D eigenvalue weighted by Crippen LogP contribution is 2.31. The Balaban J connectivity index is 2.89. The maximum Gasteiger partial charge on any atom is 0.0698 e. The number of nitrogens with zero attached hydrogens (tertiary/aromatic N) is 2. The van der Waals surface area contributed by atoms with E-state index in [9.17, 15) is 0 Å². The van der Waals surface area contributed by atoms with Crippen molar-refractivity contribution in [3.63, 3.8) is 0 Å². The molecule has 0 aliphatic rings. The second-order valence-corrected chi connectivity index (χ2v) is 5.84. The second-order valence-electron chi connectivity index (χ2n) is 4.99. The minimum Gasteiger partial charge on any atom is -0.311 e. The summed E-state index contributed by atoms with van der Waals surface area (Å²) in [5.41, 5.74) is 1.29. The van der Waals surface area contributed by atoms with Crippen LogP contribution < -0.4 is 5.32 Å². The fraction of sp³-hybridized carbons (Fsp3) is 0.786. The Kier molecular flexibility index (Phi) is 6.94. The van der Waals surface area contributed by atoms with Gasteiger partial charge in [-0.3, -0.25) is 4.68 Å². The van der Waals surface area contributed by atoms with Gasteiger partial charge in [-0.05, 0) is 41.7 Å². The van der Waals surface area contributed by atoms with Gasteiger partial charge >= 0.3 is 0 Å². The molecule has 1 aromatic rings. The molecule has 3 nitrogen and oxygen atoms in total. The highest BCUT2D eigenvalue weighted by molar-refractivity contribution is 9.10. The van der Waals surface area contributed by atoms with Gasteiger partial charge in [0.2, 0.25) is 0 Å². The van der Waals surface area contributed by atoms with Crippen molar-refractivity contribution in [1.29, 1.82) is 0 Å². The molecule has 2 unspecified atom stereocenters. The first-order chi connectivity index (χ1) is 8.65. The van der Waals surface area contributed by atoms with Crippen LogP contribution in [0.2, 0.25) is 0 Å². The van der Waals surface area contributed by atoms with Gasteiger partial charge in [0, 0.05) is 6.54 Å². The highest BCUT2D eigenvalue weighted by atomic mass is 79.9. The van der Waals surface area contributed by atoms with Crippen molar-refractivity contribution >= 4 is 15.9 Å². The molecule has 104 valence electrons. The third-order valence-electron chi connectivity index (χ3n) is 3.46. The zero-order valence-corrected chi connectivity index (χ0v) is 13.6. The lowest BCUT2D eigenvalue weighted by molar-refractivity contribution is 0.352. The van der Waals surface area contributed by atoms with E-state index in [1.165, 1.54) is 25.0 Å². The van der Waals surface area contributed by atoms with Crippen molar-refractivity contribution in [3.05, 3.63) is 16.4 Å². The fourth-order valence-corrected chi connectivity index (χ4v) is 3.00. The molecule has 2 atom stereocenters. The molecule has 0 saturated carbocycles. The van der Waals surface area contributed by atoms with Gasteiger partial charge in [0.15, 0.2) is 0 Å². The Morgan fingerprint density at radius 3 is 2.67 bits per heavy atom. The zero-order chi connectivity index (χ0) is 13.5. The molecule has 0 aromatic carbocycles. The summed E-state index contributed by atoms with van der Waals surface area (Å²) in [5.74, 6) is 0.624. The van der Waals surface area contributed by atoms with E-state index >= 15 is 0 Å². The quantitative estimate of drug-likeness (QED) is 0.781. The van der Waals surface area contributed by atoms with Crippen LogP contribution in [-0.2, 0) is 6.54 Å². The Hall–Kier alpha value is -0.350. The number of unbranched alkanes of at least 4 members (excludes halogenated alkanes) is 1. The molecule has 0 saturated heterocycles. The number of rotatable bonds is 8. The van der Waals surface area contributed by atoms with Gasteiger partial charge in [-0.25, -0.2) is 0 Å². The molecule has 1 heterocycles. The van der Waals surface area contributed by atoms with E-state index in [1.54, 1.807) is 0 Å². The van der Waals surface area contributed by atoms with E-state index in [4.69, 9.17) is 0 Å². The molecule has 0 aliphatic carbocycles. The lowest BCUT2D eigenvalue weighted by atomic mass is 9.93. The molecule has 0 amide bonds. The van der Waals surface area contributed by atoms with Crippen LogP contribution in [0.25, 0.3) is 0 Å². The van der Waals surface area contributed by atoms with Gasteiger partial charge in [-0.15, -0.1) is 0 Å². The van der Waals surface area contributed by atoms with Crippen LogP contribution in [0, 0.1) is 5.92 Å². The maximum absolute atomic E-state index is 4.47. The van der Waals surface area contributed by atoms with E-state index in [-0.39, 0.29) is 0 Å². The van der Waals surface area contributed by atoms with Crippen LogP contribution in [0.3, 0.4) is 0 Å². The smallest absolute Gasteiger partial charge is 0.0698 e. The van der Waals surface area contributed by atoms with Crippen molar-refractivity contribution in [3.8, 4) is 0 Å². The molecule has 0 spiro atoms. The number of hydrogen-bond acceptors (Lipinski definition) is 2. The fourth-order valence-electron chi connectivity index (χ4n) is 2.45. The van der Waals surface area contributed by atoms with E-state index in [2.05, 4.69) is 51.8 Å². The number of aryl methyl sites for hydroxylation is 1. The van der Waals surface area contributed by atoms with Crippen LogP contribution in [-0.4, -0.2) is 16.8 Å². The molecule has 4 heteroatoms. The standard InChI is InChI=1S/C14H26BrN3/c1-5-7-8-11(3)13(16-4)14-12(15)10-17-18(14)9-6-2/h10-11,13,16H,5-9H2,1-4H3. The zero-order valence-electron chi connectivity index (χ0n) is 12.0. The lowest BCUT2D eigenvalue weighted by Gasteiger charge is -2.25. The Labute approximate surface area is 119 Å². The van der Waals surface area contributed by atoms with E-state index in [0.29, 0.717) is 12.0 Å². The van der Waals surface area contributed by atoms with Crippen LogP contribution >= 0.6 is 15.9 Å². The summed E-state index contributed by atoms with van der Waals surface area (Å²) >= 11 is 3.64. The summed E-state index contributed by atoms with van der Waals surface area (Å²) in [6, 6.07) is 0.375. The molecule has 18 heavy (non-hydrogen) atoms. The number of nitrogens with one attached hydrogen (secondary N) is 1. The SMILES string of the molecule is CCCCC(C)C(NC)c1c(Br)cnn1CCC. The van der Waals surface area contributed by atoms with Crippen molar-refractivity contribution in [2.24, 2.45) is 5.92 Å². The number of aromatic nitrogens is 2. The third kappa shape index (κ3) is 3.82. The van der Waals surface area contributed by atoms with Crippen molar-refractivity contribution in [2.45, 2.75) is 59.0 Å². The van der Waals surface area contributed by atoms with E-state index in [1.807, 2.05) is 13.2 Å². The molecule has 0 radical (unpaired) electrons. The van der Waals surface area contributed by atoms with Gasteiger partial charge in [-0.1, -0.05) is 33.6 Å². The summed E-state index contributed by atoms with van der Waals surface area (Å²) in [7, 11) is 2.04. The monoisotopic (exact) mass is 315 g/mol. The normalized spacial score (nSPS) is 14.7. The van der Waals surface area contributed by atoms with Crippen molar-refractivity contribution in [1.82, 2.24) is 15.1 Å². The minimum atomic E-state index is 0.375. The first-order valence-electron chi connectivity index (χ1n) is 7.04. The van der Waals surface area contributed by atoms with Gasteiger partial charge in [-0.2, -0.15) is 5.10 Å². The van der Waals surface area contributed by atoms with Gasteiger partial charge < -0.3 is 5.32 Å². The van der Waals surface area contributed by atoms with Gasteiger partial charge in [0.1, 0.15) is 0 Å². The molecule has 0 bridgehead atoms. The lowest BCUT2D eigenvalue weighted by Crippen LogP contribution is -2.27.